The van der Waals surface area contributed by atoms with Crippen LogP contribution >= 0.6 is 11.6 Å². The van der Waals surface area contributed by atoms with Crippen LogP contribution in [0.2, 0.25) is 0 Å². The van der Waals surface area contributed by atoms with Gasteiger partial charge >= 0.3 is 0 Å². The van der Waals surface area contributed by atoms with Crippen molar-refractivity contribution < 1.29 is 9.47 Å². The number of hydrogen-bond donors (Lipinski definition) is 0. The molecule has 1 aromatic carbocycles. The third-order valence-corrected chi connectivity index (χ3v) is 2.82. The minimum absolute atomic E-state index is 0.388. The van der Waals surface area contributed by atoms with Gasteiger partial charge < -0.3 is 9.47 Å². The van der Waals surface area contributed by atoms with Gasteiger partial charge in [-0.05, 0) is 24.3 Å². The molecule has 4 heteroatoms. The van der Waals surface area contributed by atoms with Crippen LogP contribution in [0.3, 0.4) is 0 Å². The number of pyridine rings is 1. The van der Waals surface area contributed by atoms with Gasteiger partial charge in [0.1, 0.15) is 18.1 Å². The number of methoxy groups -OCH3 is 1. The molecule has 0 aliphatic rings. The number of benzene rings is 1. The summed E-state index contributed by atoms with van der Waals surface area (Å²) in [6, 6.07) is 9.46. The van der Waals surface area contributed by atoms with E-state index in [0.29, 0.717) is 12.5 Å². The predicted octanol–water partition coefficient (Wildman–Crippen LogP) is 3.41. The van der Waals surface area contributed by atoms with E-state index in [0.717, 1.165) is 22.6 Å². The average Bonchev–Trinajstić information content (AvgIpc) is 2.46. The van der Waals surface area contributed by atoms with Crippen molar-refractivity contribution in [1.82, 2.24) is 4.98 Å². The Balaban J connectivity index is 2.09. The summed E-state index contributed by atoms with van der Waals surface area (Å²) in [6.07, 6.45) is 3.52. The summed E-state index contributed by atoms with van der Waals surface area (Å²) in [6.45, 7) is 0.476. The highest BCUT2D eigenvalue weighted by Crippen LogP contribution is 2.26. The highest BCUT2D eigenvalue weighted by Gasteiger charge is 2.05. The third kappa shape index (κ3) is 3.14. The summed E-state index contributed by atoms with van der Waals surface area (Å²) in [5.74, 6) is 1.94. The van der Waals surface area contributed by atoms with Crippen LogP contribution in [0.5, 0.6) is 11.5 Å². The molecule has 0 aliphatic carbocycles. The number of halogens is 1. The largest absolute Gasteiger partial charge is 0.497 e. The molecule has 0 spiro atoms. The molecule has 0 bridgehead atoms. The summed E-state index contributed by atoms with van der Waals surface area (Å²) in [4.78, 5) is 4.04. The maximum absolute atomic E-state index is 5.89. The Morgan fingerprint density at radius 3 is 2.83 bits per heavy atom. The molecule has 0 radical (unpaired) electrons. The Bertz CT molecular complexity index is 502. The lowest BCUT2D eigenvalue weighted by Gasteiger charge is -2.11. The Kier molecular flexibility index (Phi) is 4.42. The van der Waals surface area contributed by atoms with Gasteiger partial charge in [-0.2, -0.15) is 0 Å². The molecule has 94 valence electrons. The Hall–Kier alpha value is -1.74. The number of alkyl halides is 1. The fourth-order valence-corrected chi connectivity index (χ4v) is 1.78. The van der Waals surface area contributed by atoms with E-state index in [4.69, 9.17) is 21.1 Å². The van der Waals surface area contributed by atoms with Gasteiger partial charge in [-0.1, -0.05) is 6.07 Å². The van der Waals surface area contributed by atoms with Gasteiger partial charge in [0.2, 0.25) is 0 Å². The minimum Gasteiger partial charge on any atom is -0.497 e. The molecule has 3 nitrogen and oxygen atoms in total. The Morgan fingerprint density at radius 1 is 1.28 bits per heavy atom. The number of aromatic nitrogens is 1. The van der Waals surface area contributed by atoms with Crippen molar-refractivity contribution in [1.29, 1.82) is 0 Å². The van der Waals surface area contributed by atoms with Gasteiger partial charge in [-0.25, -0.2) is 0 Å². The molecule has 0 fully saturated rings. The van der Waals surface area contributed by atoms with Crippen LogP contribution in [0.15, 0.2) is 42.7 Å². The third-order valence-electron chi connectivity index (χ3n) is 2.53. The smallest absolute Gasteiger partial charge is 0.124 e. The Labute approximate surface area is 111 Å². The van der Waals surface area contributed by atoms with Gasteiger partial charge in [-0.15, -0.1) is 11.6 Å². The highest BCUT2D eigenvalue weighted by atomic mass is 35.5. The maximum Gasteiger partial charge on any atom is 0.124 e. The van der Waals surface area contributed by atoms with Crippen LogP contribution < -0.4 is 9.47 Å². The van der Waals surface area contributed by atoms with E-state index in [1.807, 2.05) is 30.3 Å². The molecule has 0 aliphatic heterocycles. The monoisotopic (exact) mass is 263 g/mol. The zero-order valence-corrected chi connectivity index (χ0v) is 10.9. The van der Waals surface area contributed by atoms with E-state index in [-0.39, 0.29) is 0 Å². The van der Waals surface area contributed by atoms with Crippen molar-refractivity contribution in [2.45, 2.75) is 12.5 Å². The summed E-state index contributed by atoms with van der Waals surface area (Å²) < 4.78 is 10.9. The molecular formula is C14H14ClNO2. The molecule has 2 rings (SSSR count). The molecule has 0 saturated heterocycles. The summed E-state index contributed by atoms with van der Waals surface area (Å²) in [5.41, 5.74) is 1.94. The standard InChI is InChI=1S/C14H14ClNO2/c1-17-13-4-5-14(12(7-13)8-15)18-10-11-3-2-6-16-9-11/h2-7,9H,8,10H2,1H3. The zero-order chi connectivity index (χ0) is 12.8. The molecule has 1 aromatic heterocycles. The number of rotatable bonds is 5. The van der Waals surface area contributed by atoms with Crippen molar-refractivity contribution in [2.24, 2.45) is 0 Å². The molecule has 2 aromatic rings. The molecule has 0 N–H and O–H groups in total. The van der Waals surface area contributed by atoms with Crippen molar-refractivity contribution in [2.75, 3.05) is 7.11 Å². The lowest BCUT2D eigenvalue weighted by atomic mass is 10.2. The normalized spacial score (nSPS) is 10.1. The van der Waals surface area contributed by atoms with Gasteiger partial charge in [0.15, 0.2) is 0 Å². The number of ether oxygens (including phenoxy) is 2. The predicted molar refractivity (Wildman–Crippen MR) is 71.1 cm³/mol. The molecular weight excluding hydrogens is 250 g/mol. The second-order valence-electron chi connectivity index (χ2n) is 3.76. The molecule has 1 heterocycles. The average molecular weight is 264 g/mol. The van der Waals surface area contributed by atoms with E-state index in [2.05, 4.69) is 4.98 Å². The summed E-state index contributed by atoms with van der Waals surface area (Å²) in [7, 11) is 1.63. The maximum atomic E-state index is 5.89. The van der Waals surface area contributed by atoms with Crippen molar-refractivity contribution in [3.63, 3.8) is 0 Å². The van der Waals surface area contributed by atoms with Crippen LogP contribution in [0.1, 0.15) is 11.1 Å². The molecule has 0 amide bonds. The SMILES string of the molecule is COc1ccc(OCc2cccnc2)c(CCl)c1. The van der Waals surface area contributed by atoms with Crippen molar-refractivity contribution in [3.05, 3.63) is 53.9 Å². The molecule has 0 unspecified atom stereocenters. The fourth-order valence-electron chi connectivity index (χ4n) is 1.57. The molecule has 0 atom stereocenters. The van der Waals surface area contributed by atoms with E-state index in [1.54, 1.807) is 19.5 Å². The summed E-state index contributed by atoms with van der Waals surface area (Å²) in [5, 5.41) is 0. The Morgan fingerprint density at radius 2 is 2.17 bits per heavy atom. The van der Waals surface area contributed by atoms with Gasteiger partial charge in [0, 0.05) is 23.5 Å². The van der Waals surface area contributed by atoms with E-state index in [9.17, 15) is 0 Å². The second kappa shape index (κ2) is 6.26. The van der Waals surface area contributed by atoms with Crippen molar-refractivity contribution >= 4 is 11.6 Å². The highest BCUT2D eigenvalue weighted by molar-refractivity contribution is 6.17. The van der Waals surface area contributed by atoms with Gasteiger partial charge in [-0.3, -0.25) is 4.98 Å². The number of nitrogens with zero attached hydrogens (tertiary/aromatic N) is 1. The summed E-state index contributed by atoms with van der Waals surface area (Å²) >= 11 is 5.89. The molecule has 0 saturated carbocycles. The topological polar surface area (TPSA) is 31.4 Å². The van der Waals surface area contributed by atoms with Crippen LogP contribution in [-0.4, -0.2) is 12.1 Å². The first-order valence-corrected chi connectivity index (χ1v) is 6.11. The minimum atomic E-state index is 0.388. The zero-order valence-electron chi connectivity index (χ0n) is 10.1. The van der Waals surface area contributed by atoms with Crippen molar-refractivity contribution in [3.8, 4) is 11.5 Å². The first-order valence-electron chi connectivity index (χ1n) is 5.58. The van der Waals surface area contributed by atoms with E-state index < -0.39 is 0 Å². The molecule has 18 heavy (non-hydrogen) atoms. The first-order chi connectivity index (χ1) is 8.83. The number of hydrogen-bond acceptors (Lipinski definition) is 3. The lowest BCUT2D eigenvalue weighted by Crippen LogP contribution is -1.98. The van der Waals surface area contributed by atoms with E-state index >= 15 is 0 Å². The van der Waals surface area contributed by atoms with Gasteiger partial charge in [0.05, 0.1) is 13.0 Å². The fraction of sp³-hybridized carbons (Fsp3) is 0.214. The van der Waals surface area contributed by atoms with Crippen LogP contribution in [-0.2, 0) is 12.5 Å². The van der Waals surface area contributed by atoms with Crippen LogP contribution in [0, 0.1) is 0 Å². The lowest BCUT2D eigenvalue weighted by molar-refractivity contribution is 0.302. The van der Waals surface area contributed by atoms with Gasteiger partial charge in [0.25, 0.3) is 0 Å². The van der Waals surface area contributed by atoms with Crippen LogP contribution in [0.25, 0.3) is 0 Å². The van der Waals surface area contributed by atoms with Crippen LogP contribution in [0.4, 0.5) is 0 Å². The second-order valence-corrected chi connectivity index (χ2v) is 4.02. The quantitative estimate of drug-likeness (QED) is 0.775. The van der Waals surface area contributed by atoms with E-state index in [1.165, 1.54) is 0 Å². The first kappa shape index (κ1) is 12.7.